The fourth-order valence-corrected chi connectivity index (χ4v) is 6.46. The van der Waals surface area contributed by atoms with Crippen LogP contribution in [0.25, 0.3) is 22.3 Å². The number of hydrogen-bond donors (Lipinski definition) is 2. The third-order valence-electron chi connectivity index (χ3n) is 7.76. The number of hydrogen-bond acceptors (Lipinski definition) is 2. The minimum absolute atomic E-state index is 0.0195. The maximum atomic E-state index is 3.78. The first-order chi connectivity index (χ1) is 14.5. The summed E-state index contributed by atoms with van der Waals surface area (Å²) in [4.78, 5) is 0. The van der Waals surface area contributed by atoms with Gasteiger partial charge in [-0.25, -0.2) is 0 Å². The second-order valence-electron chi connectivity index (χ2n) is 11.0. The molecule has 2 heterocycles. The van der Waals surface area contributed by atoms with Crippen LogP contribution < -0.4 is 10.6 Å². The number of benzene rings is 2. The summed E-state index contributed by atoms with van der Waals surface area (Å²) in [6, 6.07) is 9.84. The Labute approximate surface area is 187 Å². The quantitative estimate of drug-likeness (QED) is 0.522. The summed E-state index contributed by atoms with van der Waals surface area (Å²) >= 11 is 0. The van der Waals surface area contributed by atoms with Crippen molar-refractivity contribution in [3.05, 3.63) is 58.7 Å². The highest BCUT2D eigenvalue weighted by Crippen LogP contribution is 2.56. The highest BCUT2D eigenvalue weighted by molar-refractivity contribution is 5.93. The molecule has 2 aliphatic heterocycles. The van der Waals surface area contributed by atoms with E-state index in [0.29, 0.717) is 0 Å². The summed E-state index contributed by atoms with van der Waals surface area (Å²) in [5.74, 6) is 0. The molecular formula is C29H36N2. The Morgan fingerprint density at radius 2 is 1.00 bits per heavy atom. The van der Waals surface area contributed by atoms with Crippen molar-refractivity contribution >= 4 is 22.5 Å². The highest BCUT2D eigenvalue weighted by Gasteiger charge is 2.43. The highest BCUT2D eigenvalue weighted by atomic mass is 15.0. The lowest BCUT2D eigenvalue weighted by Gasteiger charge is -2.35. The minimum Gasteiger partial charge on any atom is -0.376 e. The van der Waals surface area contributed by atoms with Crippen LogP contribution in [0, 0.1) is 0 Å². The van der Waals surface area contributed by atoms with Crippen LogP contribution in [0.5, 0.6) is 0 Å². The van der Waals surface area contributed by atoms with E-state index in [2.05, 4.69) is 102 Å². The second-order valence-corrected chi connectivity index (χ2v) is 11.0. The maximum Gasteiger partial charge on any atom is 0.0505 e. The first-order valence-corrected chi connectivity index (χ1v) is 11.8. The largest absolute Gasteiger partial charge is 0.376 e. The summed E-state index contributed by atoms with van der Waals surface area (Å²) in [7, 11) is 0. The van der Waals surface area contributed by atoms with E-state index in [4.69, 9.17) is 0 Å². The van der Waals surface area contributed by atoms with E-state index in [9.17, 15) is 0 Å². The average Bonchev–Trinajstić information content (AvgIpc) is 2.92. The fraction of sp³-hybridized carbons (Fsp3) is 0.448. The third kappa shape index (κ3) is 2.83. The number of allylic oxidation sites excluding steroid dienone is 2. The van der Waals surface area contributed by atoms with Gasteiger partial charge in [0.25, 0.3) is 0 Å². The molecule has 0 amide bonds. The molecule has 2 aromatic rings. The van der Waals surface area contributed by atoms with E-state index < -0.39 is 0 Å². The van der Waals surface area contributed by atoms with Crippen molar-refractivity contribution in [2.45, 2.75) is 84.7 Å². The van der Waals surface area contributed by atoms with Gasteiger partial charge < -0.3 is 10.6 Å². The zero-order chi connectivity index (χ0) is 22.3. The van der Waals surface area contributed by atoms with Gasteiger partial charge in [0.1, 0.15) is 0 Å². The predicted molar refractivity (Wildman–Crippen MR) is 136 cm³/mol. The van der Waals surface area contributed by atoms with Crippen LogP contribution in [0.1, 0.15) is 90.5 Å². The van der Waals surface area contributed by atoms with E-state index in [-0.39, 0.29) is 16.5 Å². The molecule has 5 rings (SSSR count). The molecular weight excluding hydrogens is 376 g/mol. The normalized spacial score (nSPS) is 20.9. The number of nitrogens with one attached hydrogen (secondary N) is 2. The van der Waals surface area contributed by atoms with Crippen molar-refractivity contribution in [3.63, 3.8) is 0 Å². The van der Waals surface area contributed by atoms with Crippen LogP contribution in [-0.2, 0) is 5.41 Å². The Kier molecular flexibility index (Phi) is 4.14. The topological polar surface area (TPSA) is 24.1 Å². The van der Waals surface area contributed by atoms with Crippen LogP contribution >= 0.6 is 0 Å². The molecule has 31 heavy (non-hydrogen) atoms. The second kappa shape index (κ2) is 6.28. The molecule has 1 aliphatic carbocycles. The zero-order valence-corrected chi connectivity index (χ0v) is 20.4. The fourth-order valence-electron chi connectivity index (χ4n) is 6.46. The standard InChI is InChI=1S/C29H36N2/c1-9-29(10-2)23-13-25-19(17(3)15-27(5,6)30-25)11-21(23)22-12-20-18(4)16-28(7,8)31-26(20)14-24(22)29/h11-16,30-31H,9-10H2,1-8H3. The van der Waals surface area contributed by atoms with Crippen molar-refractivity contribution in [2.24, 2.45) is 0 Å². The molecule has 0 aromatic heterocycles. The van der Waals surface area contributed by atoms with Crippen LogP contribution in [-0.4, -0.2) is 11.1 Å². The predicted octanol–water partition coefficient (Wildman–Crippen LogP) is 7.99. The zero-order valence-electron chi connectivity index (χ0n) is 20.4. The summed E-state index contributed by atoms with van der Waals surface area (Å²) in [5, 5.41) is 7.57. The summed E-state index contributed by atoms with van der Waals surface area (Å²) in [6.45, 7) is 18.2. The van der Waals surface area contributed by atoms with Crippen LogP contribution in [0.3, 0.4) is 0 Å². The summed E-state index contributed by atoms with van der Waals surface area (Å²) in [6.07, 6.45) is 6.93. The molecule has 2 N–H and O–H groups in total. The molecule has 0 saturated carbocycles. The Bertz CT molecular complexity index is 1080. The monoisotopic (exact) mass is 412 g/mol. The van der Waals surface area contributed by atoms with E-state index in [1.54, 1.807) is 0 Å². The minimum atomic E-state index is -0.0195. The van der Waals surface area contributed by atoms with Gasteiger partial charge in [-0.1, -0.05) is 26.0 Å². The molecule has 0 bridgehead atoms. The lowest BCUT2D eigenvalue weighted by molar-refractivity contribution is 0.490. The van der Waals surface area contributed by atoms with Gasteiger partial charge in [-0.3, -0.25) is 0 Å². The van der Waals surface area contributed by atoms with E-state index in [1.165, 1.54) is 55.9 Å². The van der Waals surface area contributed by atoms with Crippen LogP contribution in [0.4, 0.5) is 11.4 Å². The molecule has 0 fully saturated rings. The Hall–Kier alpha value is -2.48. The van der Waals surface area contributed by atoms with Crippen molar-refractivity contribution in [2.75, 3.05) is 10.6 Å². The summed E-state index contributed by atoms with van der Waals surface area (Å²) in [5.41, 5.74) is 13.8. The van der Waals surface area contributed by atoms with Crippen LogP contribution in [0.15, 0.2) is 36.4 Å². The molecule has 0 unspecified atom stereocenters. The Balaban J connectivity index is 1.79. The molecule has 0 radical (unpaired) electrons. The lowest BCUT2D eigenvalue weighted by Crippen LogP contribution is -2.32. The van der Waals surface area contributed by atoms with Gasteiger partial charge in [-0.05, 0) is 112 Å². The molecule has 0 spiro atoms. The van der Waals surface area contributed by atoms with Gasteiger partial charge in [-0.2, -0.15) is 0 Å². The first kappa shape index (κ1) is 20.4. The molecule has 3 aliphatic rings. The van der Waals surface area contributed by atoms with E-state index in [0.717, 1.165) is 12.8 Å². The molecule has 2 nitrogen and oxygen atoms in total. The van der Waals surface area contributed by atoms with Crippen molar-refractivity contribution in [3.8, 4) is 11.1 Å². The molecule has 0 saturated heterocycles. The van der Waals surface area contributed by atoms with E-state index in [1.807, 2.05) is 0 Å². The van der Waals surface area contributed by atoms with Gasteiger partial charge in [0.2, 0.25) is 0 Å². The van der Waals surface area contributed by atoms with Gasteiger partial charge in [0, 0.05) is 27.9 Å². The Morgan fingerprint density at radius 3 is 1.35 bits per heavy atom. The number of rotatable bonds is 2. The molecule has 2 heteroatoms. The average molecular weight is 413 g/mol. The van der Waals surface area contributed by atoms with Crippen molar-refractivity contribution in [1.82, 2.24) is 0 Å². The van der Waals surface area contributed by atoms with Crippen molar-refractivity contribution < 1.29 is 0 Å². The van der Waals surface area contributed by atoms with Gasteiger partial charge in [-0.15, -0.1) is 0 Å². The lowest BCUT2D eigenvalue weighted by atomic mass is 9.73. The van der Waals surface area contributed by atoms with Gasteiger partial charge >= 0.3 is 0 Å². The number of anilines is 2. The van der Waals surface area contributed by atoms with Crippen LogP contribution in [0.2, 0.25) is 0 Å². The van der Waals surface area contributed by atoms with Crippen molar-refractivity contribution in [1.29, 1.82) is 0 Å². The SMILES string of the molecule is CCC1(CC)c2cc3c(cc2-c2cc4c(cc21)NC(C)(C)C=C4C)C(C)=CC(C)(C)N3. The maximum absolute atomic E-state index is 3.78. The van der Waals surface area contributed by atoms with Gasteiger partial charge in [0.05, 0.1) is 11.1 Å². The third-order valence-corrected chi connectivity index (χ3v) is 7.76. The van der Waals surface area contributed by atoms with E-state index >= 15 is 0 Å². The first-order valence-electron chi connectivity index (χ1n) is 11.8. The smallest absolute Gasteiger partial charge is 0.0505 e. The summed E-state index contributed by atoms with van der Waals surface area (Å²) < 4.78 is 0. The molecule has 0 atom stereocenters. The molecule has 2 aromatic carbocycles. The molecule has 162 valence electrons. The number of fused-ring (bicyclic) bond motifs is 5. The Morgan fingerprint density at radius 1 is 0.613 bits per heavy atom. The van der Waals surface area contributed by atoms with Gasteiger partial charge in [0.15, 0.2) is 0 Å².